The molecule has 0 aliphatic rings. The summed E-state index contributed by atoms with van der Waals surface area (Å²) in [6.45, 7) is 0.132. The van der Waals surface area contributed by atoms with Gasteiger partial charge in [0.05, 0.1) is 29.8 Å². The van der Waals surface area contributed by atoms with E-state index < -0.39 is 4.92 Å². The molecule has 0 spiro atoms. The molecule has 2 aromatic rings. The molecular weight excluding hydrogens is 308 g/mol. The van der Waals surface area contributed by atoms with Gasteiger partial charge in [-0.15, -0.1) is 11.3 Å². The van der Waals surface area contributed by atoms with Gasteiger partial charge in [-0.05, 0) is 0 Å². The lowest BCUT2D eigenvalue weighted by Crippen LogP contribution is -2.23. The predicted molar refractivity (Wildman–Crippen MR) is 81.0 cm³/mol. The molecule has 0 saturated carbocycles. The van der Waals surface area contributed by atoms with Crippen LogP contribution < -0.4 is 5.56 Å². The number of amides is 1. The molecule has 8 nitrogen and oxygen atoms in total. The number of aromatic nitrogens is 2. The first-order valence-corrected chi connectivity index (χ1v) is 7.23. The van der Waals surface area contributed by atoms with Crippen LogP contribution in [0.3, 0.4) is 0 Å². The van der Waals surface area contributed by atoms with Crippen molar-refractivity contribution in [2.45, 2.75) is 13.0 Å². The summed E-state index contributed by atoms with van der Waals surface area (Å²) in [5.41, 5.74) is 0.0940. The lowest BCUT2D eigenvalue weighted by molar-refractivity contribution is -0.385. The molecule has 2 heterocycles. The van der Waals surface area contributed by atoms with Crippen LogP contribution >= 0.6 is 11.3 Å². The molecule has 0 atom stereocenters. The van der Waals surface area contributed by atoms with E-state index in [1.54, 1.807) is 19.5 Å². The molecule has 0 bridgehead atoms. The summed E-state index contributed by atoms with van der Waals surface area (Å²) in [5.74, 6) is -0.0617. The van der Waals surface area contributed by atoms with E-state index in [2.05, 4.69) is 4.98 Å². The van der Waals surface area contributed by atoms with Gasteiger partial charge in [0.1, 0.15) is 5.01 Å². The second-order valence-electron chi connectivity index (χ2n) is 4.81. The highest BCUT2D eigenvalue weighted by Gasteiger charge is 2.12. The van der Waals surface area contributed by atoms with Crippen molar-refractivity contribution in [1.29, 1.82) is 0 Å². The van der Waals surface area contributed by atoms with Crippen LogP contribution in [0.5, 0.6) is 0 Å². The highest BCUT2D eigenvalue weighted by molar-refractivity contribution is 7.09. The van der Waals surface area contributed by atoms with E-state index in [9.17, 15) is 19.7 Å². The molecule has 0 unspecified atom stereocenters. The second kappa shape index (κ2) is 6.48. The quantitative estimate of drug-likeness (QED) is 0.601. The Hall–Kier alpha value is -2.55. The first-order valence-electron chi connectivity index (χ1n) is 6.35. The zero-order valence-electron chi connectivity index (χ0n) is 12.1. The smallest absolute Gasteiger partial charge is 0.285 e. The van der Waals surface area contributed by atoms with Crippen molar-refractivity contribution in [1.82, 2.24) is 14.5 Å². The van der Waals surface area contributed by atoms with Gasteiger partial charge in [0.25, 0.3) is 11.2 Å². The fraction of sp³-hybridized carbons (Fsp3) is 0.308. The molecule has 0 N–H and O–H groups in total. The summed E-state index contributed by atoms with van der Waals surface area (Å²) in [5, 5.41) is 13.1. The number of nitrogens with zero attached hydrogens (tertiary/aromatic N) is 4. The monoisotopic (exact) mass is 322 g/mol. The maximum absolute atomic E-state index is 11.7. The number of hydrogen-bond donors (Lipinski definition) is 0. The number of likely N-dealkylation sites (N-methyl/N-ethyl adjacent to an activating group) is 1. The number of pyridine rings is 1. The first-order chi connectivity index (χ1) is 10.4. The highest BCUT2D eigenvalue weighted by atomic mass is 32.1. The first kappa shape index (κ1) is 15.8. The topological polar surface area (TPSA) is 98.3 Å². The number of thiazole rings is 1. The van der Waals surface area contributed by atoms with E-state index in [0.29, 0.717) is 10.7 Å². The number of carbonyl (C=O) groups excluding carboxylic acids is 1. The number of carbonyl (C=O) groups is 1. The fourth-order valence-electron chi connectivity index (χ4n) is 1.72. The molecule has 0 saturated heterocycles. The van der Waals surface area contributed by atoms with E-state index in [1.165, 1.54) is 33.1 Å². The Labute approximate surface area is 129 Å². The molecular formula is C13H14N4O4S. The van der Waals surface area contributed by atoms with Crippen LogP contribution in [0.2, 0.25) is 0 Å². The third-order valence-corrected chi connectivity index (χ3v) is 3.81. The summed E-state index contributed by atoms with van der Waals surface area (Å²) in [4.78, 5) is 39.3. The van der Waals surface area contributed by atoms with Gasteiger partial charge in [-0.1, -0.05) is 0 Å². The number of hydrogen-bond acceptors (Lipinski definition) is 6. The third kappa shape index (κ3) is 3.76. The Morgan fingerprint density at radius 3 is 2.82 bits per heavy atom. The molecule has 0 radical (unpaired) electrons. The highest BCUT2D eigenvalue weighted by Crippen LogP contribution is 2.13. The molecule has 22 heavy (non-hydrogen) atoms. The number of nitro groups is 1. The van der Waals surface area contributed by atoms with Crippen molar-refractivity contribution in [2.24, 2.45) is 0 Å². The largest absolute Gasteiger partial charge is 0.348 e. The second-order valence-corrected chi connectivity index (χ2v) is 5.75. The van der Waals surface area contributed by atoms with E-state index >= 15 is 0 Å². The van der Waals surface area contributed by atoms with Crippen molar-refractivity contribution in [3.05, 3.63) is 54.9 Å². The van der Waals surface area contributed by atoms with Gasteiger partial charge in [0.2, 0.25) is 5.91 Å². The average Bonchev–Trinajstić information content (AvgIpc) is 2.88. The Morgan fingerprint density at radius 1 is 1.45 bits per heavy atom. The van der Waals surface area contributed by atoms with E-state index in [0.717, 1.165) is 6.07 Å². The van der Waals surface area contributed by atoms with Gasteiger partial charge in [-0.25, -0.2) is 4.98 Å². The maximum atomic E-state index is 11.7. The minimum absolute atomic E-state index is 0.0617. The van der Waals surface area contributed by atoms with E-state index in [4.69, 9.17) is 0 Å². The van der Waals surface area contributed by atoms with Crippen LogP contribution in [0.25, 0.3) is 0 Å². The molecule has 1 amide bonds. The van der Waals surface area contributed by atoms with Crippen molar-refractivity contribution in [3.63, 3.8) is 0 Å². The van der Waals surface area contributed by atoms with Crippen molar-refractivity contribution in [3.8, 4) is 0 Å². The Morgan fingerprint density at radius 2 is 2.18 bits per heavy atom. The predicted octanol–water partition coefficient (Wildman–Crippen LogP) is 0.892. The molecule has 0 aromatic carbocycles. The molecule has 2 rings (SSSR count). The minimum atomic E-state index is -0.557. The zero-order chi connectivity index (χ0) is 16.3. The van der Waals surface area contributed by atoms with Gasteiger partial charge in [0, 0.05) is 31.6 Å². The van der Waals surface area contributed by atoms with Crippen LogP contribution in [0.1, 0.15) is 10.7 Å². The van der Waals surface area contributed by atoms with Crippen LogP contribution in [0.15, 0.2) is 28.5 Å². The van der Waals surface area contributed by atoms with Gasteiger partial charge in [-0.3, -0.25) is 19.7 Å². The summed E-state index contributed by atoms with van der Waals surface area (Å²) >= 11 is 1.32. The molecule has 0 aliphatic carbocycles. The maximum Gasteiger partial charge on any atom is 0.285 e. The van der Waals surface area contributed by atoms with Gasteiger partial charge in [0.15, 0.2) is 0 Å². The summed E-state index contributed by atoms with van der Waals surface area (Å²) in [7, 11) is 3.33. The van der Waals surface area contributed by atoms with Crippen LogP contribution in [-0.2, 0) is 17.8 Å². The van der Waals surface area contributed by atoms with Gasteiger partial charge >= 0.3 is 0 Å². The molecule has 9 heteroatoms. The summed E-state index contributed by atoms with van der Waals surface area (Å²) < 4.78 is 1.23. The average molecular weight is 322 g/mol. The van der Waals surface area contributed by atoms with E-state index in [1.807, 2.05) is 0 Å². The zero-order valence-corrected chi connectivity index (χ0v) is 12.9. The Bertz CT molecular complexity index is 765. The van der Waals surface area contributed by atoms with Crippen LogP contribution in [-0.4, -0.2) is 39.4 Å². The normalized spacial score (nSPS) is 10.5. The van der Waals surface area contributed by atoms with E-state index in [-0.39, 0.29) is 30.1 Å². The minimum Gasteiger partial charge on any atom is -0.348 e. The van der Waals surface area contributed by atoms with Crippen molar-refractivity contribution >= 4 is 22.9 Å². The fourth-order valence-corrected chi connectivity index (χ4v) is 2.49. The Balaban J connectivity index is 2.16. The molecule has 0 fully saturated rings. The lowest BCUT2D eigenvalue weighted by Gasteiger charge is -2.07. The standard InChI is InChI=1S/C13H14N4O4S/c1-15(2)13(19)5-11-14-9(8-22-11)6-16-7-10(17(20)21)3-4-12(16)18/h3-4,7-8H,5-6H2,1-2H3. The SMILES string of the molecule is CN(C)C(=O)Cc1nc(Cn2cc([N+](=O)[O-])ccc2=O)cs1. The molecule has 116 valence electrons. The Kier molecular flexibility index (Phi) is 4.66. The van der Waals surface area contributed by atoms with Gasteiger partial charge < -0.3 is 9.47 Å². The van der Waals surface area contributed by atoms with Gasteiger partial charge in [-0.2, -0.15) is 0 Å². The van der Waals surface area contributed by atoms with Crippen molar-refractivity contribution < 1.29 is 9.72 Å². The molecule has 0 aliphatic heterocycles. The summed E-state index contributed by atoms with van der Waals surface area (Å²) in [6, 6.07) is 2.32. The third-order valence-electron chi connectivity index (χ3n) is 2.91. The lowest BCUT2D eigenvalue weighted by atomic mass is 10.3. The summed E-state index contributed by atoms with van der Waals surface area (Å²) in [6.07, 6.45) is 1.38. The van der Waals surface area contributed by atoms with Crippen LogP contribution in [0, 0.1) is 10.1 Å². The van der Waals surface area contributed by atoms with Crippen molar-refractivity contribution in [2.75, 3.05) is 14.1 Å². The number of rotatable bonds is 5. The molecule has 2 aromatic heterocycles. The van der Waals surface area contributed by atoms with Crippen LogP contribution in [0.4, 0.5) is 5.69 Å².